The van der Waals surface area contributed by atoms with Gasteiger partial charge >= 0.3 is 0 Å². The van der Waals surface area contributed by atoms with E-state index in [2.05, 4.69) is 17.0 Å². The zero-order chi connectivity index (χ0) is 13.1. The van der Waals surface area contributed by atoms with Crippen molar-refractivity contribution in [1.82, 2.24) is 4.90 Å². The highest BCUT2D eigenvalue weighted by Crippen LogP contribution is 2.30. The summed E-state index contributed by atoms with van der Waals surface area (Å²) >= 11 is 0. The van der Waals surface area contributed by atoms with Crippen molar-refractivity contribution >= 4 is 18.1 Å². The quantitative estimate of drug-likeness (QED) is 0.670. The van der Waals surface area contributed by atoms with Crippen LogP contribution in [-0.4, -0.2) is 24.1 Å². The van der Waals surface area contributed by atoms with Crippen molar-refractivity contribution in [3.63, 3.8) is 0 Å². The topological polar surface area (TPSA) is 49.5 Å². The van der Waals surface area contributed by atoms with Crippen LogP contribution in [0.25, 0.3) is 11.1 Å². The molecule has 102 valence electrons. The SMILES string of the molecule is CN(C)Cc1ccccc1-c1ccc(N)c(O)c1.Cl. The maximum Gasteiger partial charge on any atom is 0.139 e. The first kappa shape index (κ1) is 15.3. The van der Waals surface area contributed by atoms with Crippen molar-refractivity contribution < 1.29 is 5.11 Å². The summed E-state index contributed by atoms with van der Waals surface area (Å²) in [6.07, 6.45) is 0. The van der Waals surface area contributed by atoms with Gasteiger partial charge < -0.3 is 15.7 Å². The molecule has 3 N–H and O–H groups in total. The summed E-state index contributed by atoms with van der Waals surface area (Å²) in [5, 5.41) is 9.70. The van der Waals surface area contributed by atoms with Crippen molar-refractivity contribution in [2.24, 2.45) is 0 Å². The molecule has 2 rings (SSSR count). The van der Waals surface area contributed by atoms with Crippen molar-refractivity contribution in [2.45, 2.75) is 6.54 Å². The maximum atomic E-state index is 9.70. The Hall–Kier alpha value is -1.71. The minimum atomic E-state index is 0. The molecule has 0 amide bonds. The molecule has 4 heteroatoms. The Morgan fingerprint density at radius 2 is 1.79 bits per heavy atom. The molecule has 0 fully saturated rings. The Kier molecular flexibility index (Phi) is 5.21. The van der Waals surface area contributed by atoms with Crippen LogP contribution >= 0.6 is 12.4 Å². The second-order valence-electron chi connectivity index (χ2n) is 4.67. The first-order chi connectivity index (χ1) is 8.58. The molecule has 0 aliphatic heterocycles. The van der Waals surface area contributed by atoms with E-state index in [9.17, 15) is 5.11 Å². The van der Waals surface area contributed by atoms with E-state index in [4.69, 9.17) is 5.73 Å². The van der Waals surface area contributed by atoms with E-state index in [1.807, 2.05) is 32.3 Å². The van der Waals surface area contributed by atoms with E-state index in [1.165, 1.54) is 5.56 Å². The fraction of sp³-hybridized carbons (Fsp3) is 0.200. The lowest BCUT2D eigenvalue weighted by atomic mass is 9.99. The molecule has 0 saturated heterocycles. The Bertz CT molecular complexity index is 556. The summed E-state index contributed by atoms with van der Waals surface area (Å²) < 4.78 is 0. The van der Waals surface area contributed by atoms with Crippen molar-refractivity contribution in [2.75, 3.05) is 19.8 Å². The van der Waals surface area contributed by atoms with Gasteiger partial charge in [-0.25, -0.2) is 0 Å². The average Bonchev–Trinajstić information content (AvgIpc) is 2.33. The number of nitrogens with two attached hydrogens (primary N) is 1. The summed E-state index contributed by atoms with van der Waals surface area (Å²) in [6.45, 7) is 0.862. The smallest absolute Gasteiger partial charge is 0.139 e. The van der Waals surface area contributed by atoms with Crippen LogP contribution in [-0.2, 0) is 6.54 Å². The molecule has 0 spiro atoms. The molecular formula is C15H19ClN2O. The number of phenols is 1. The normalized spacial score (nSPS) is 10.3. The Labute approximate surface area is 120 Å². The number of nitrogen functional groups attached to an aromatic ring is 1. The van der Waals surface area contributed by atoms with Crippen LogP contribution in [0.15, 0.2) is 42.5 Å². The third-order valence-electron chi connectivity index (χ3n) is 2.85. The lowest BCUT2D eigenvalue weighted by Gasteiger charge is -2.14. The highest BCUT2D eigenvalue weighted by atomic mass is 35.5. The van der Waals surface area contributed by atoms with Gasteiger partial charge in [0.25, 0.3) is 0 Å². The molecule has 0 atom stereocenters. The fourth-order valence-corrected chi connectivity index (χ4v) is 1.99. The van der Waals surface area contributed by atoms with E-state index in [0.29, 0.717) is 5.69 Å². The van der Waals surface area contributed by atoms with Gasteiger partial charge in [0.15, 0.2) is 0 Å². The molecule has 0 radical (unpaired) electrons. The lowest BCUT2D eigenvalue weighted by Crippen LogP contribution is -2.11. The predicted octanol–water partition coefficient (Wildman–Crippen LogP) is 3.12. The average molecular weight is 279 g/mol. The van der Waals surface area contributed by atoms with Gasteiger partial charge in [-0.15, -0.1) is 12.4 Å². The standard InChI is InChI=1S/C15H18N2O.ClH/c1-17(2)10-12-5-3-4-6-13(12)11-7-8-14(16)15(18)9-11;/h3-9,18H,10,16H2,1-2H3;1H. The number of nitrogens with zero attached hydrogens (tertiary/aromatic N) is 1. The van der Waals surface area contributed by atoms with E-state index < -0.39 is 0 Å². The zero-order valence-corrected chi connectivity index (χ0v) is 11.9. The van der Waals surface area contributed by atoms with Crippen LogP contribution in [0.3, 0.4) is 0 Å². The molecule has 3 nitrogen and oxygen atoms in total. The zero-order valence-electron chi connectivity index (χ0n) is 11.1. The second kappa shape index (κ2) is 6.45. The molecule has 0 heterocycles. The minimum Gasteiger partial charge on any atom is -0.506 e. The first-order valence-electron chi connectivity index (χ1n) is 5.89. The van der Waals surface area contributed by atoms with Crippen molar-refractivity contribution in [3.05, 3.63) is 48.0 Å². The maximum absolute atomic E-state index is 9.70. The molecule has 0 aliphatic rings. The van der Waals surface area contributed by atoms with Gasteiger partial charge in [0.05, 0.1) is 5.69 Å². The van der Waals surface area contributed by atoms with Crippen molar-refractivity contribution in [1.29, 1.82) is 0 Å². The molecular weight excluding hydrogens is 260 g/mol. The summed E-state index contributed by atoms with van der Waals surface area (Å²) in [5.74, 6) is 0.132. The number of aromatic hydroxyl groups is 1. The molecule has 0 aromatic heterocycles. The first-order valence-corrected chi connectivity index (χ1v) is 5.89. The molecule has 2 aromatic carbocycles. The number of hydrogen-bond donors (Lipinski definition) is 2. The van der Waals surface area contributed by atoms with Crippen LogP contribution in [0, 0.1) is 0 Å². The van der Waals surface area contributed by atoms with E-state index in [-0.39, 0.29) is 18.2 Å². The van der Waals surface area contributed by atoms with E-state index in [1.54, 1.807) is 12.1 Å². The van der Waals surface area contributed by atoms with Gasteiger partial charge in [0, 0.05) is 6.54 Å². The highest BCUT2D eigenvalue weighted by Gasteiger charge is 2.07. The summed E-state index contributed by atoms with van der Waals surface area (Å²) in [5.41, 5.74) is 9.37. The third-order valence-corrected chi connectivity index (χ3v) is 2.85. The van der Waals surface area contributed by atoms with Crippen LogP contribution < -0.4 is 5.73 Å². The second-order valence-corrected chi connectivity index (χ2v) is 4.67. The fourth-order valence-electron chi connectivity index (χ4n) is 1.99. The molecule has 19 heavy (non-hydrogen) atoms. The van der Waals surface area contributed by atoms with Crippen LogP contribution in [0.5, 0.6) is 5.75 Å². The van der Waals surface area contributed by atoms with E-state index >= 15 is 0 Å². The Morgan fingerprint density at radius 1 is 1.11 bits per heavy atom. The lowest BCUT2D eigenvalue weighted by molar-refractivity contribution is 0.403. The van der Waals surface area contributed by atoms with Gasteiger partial charge in [-0.05, 0) is 42.9 Å². The van der Waals surface area contributed by atoms with Crippen LogP contribution in [0.2, 0.25) is 0 Å². The number of rotatable bonds is 3. The number of hydrogen-bond acceptors (Lipinski definition) is 3. The molecule has 0 aliphatic carbocycles. The summed E-state index contributed by atoms with van der Waals surface area (Å²) in [6, 6.07) is 13.6. The molecule has 0 unspecified atom stereocenters. The van der Waals surface area contributed by atoms with Gasteiger partial charge in [0.2, 0.25) is 0 Å². The van der Waals surface area contributed by atoms with Gasteiger partial charge in [0.1, 0.15) is 5.75 Å². The van der Waals surface area contributed by atoms with E-state index in [0.717, 1.165) is 17.7 Å². The number of benzene rings is 2. The molecule has 0 bridgehead atoms. The predicted molar refractivity (Wildman–Crippen MR) is 82.6 cm³/mol. The van der Waals surface area contributed by atoms with Gasteiger partial charge in [-0.2, -0.15) is 0 Å². The number of halogens is 1. The third kappa shape index (κ3) is 3.63. The van der Waals surface area contributed by atoms with Crippen LogP contribution in [0.1, 0.15) is 5.56 Å². The number of phenolic OH excluding ortho intramolecular Hbond substituents is 1. The van der Waals surface area contributed by atoms with Crippen LogP contribution in [0.4, 0.5) is 5.69 Å². The highest BCUT2D eigenvalue weighted by molar-refractivity contribution is 5.85. The summed E-state index contributed by atoms with van der Waals surface area (Å²) in [4.78, 5) is 2.12. The van der Waals surface area contributed by atoms with Gasteiger partial charge in [-0.3, -0.25) is 0 Å². The molecule has 0 saturated carbocycles. The number of anilines is 1. The monoisotopic (exact) mass is 278 g/mol. The minimum absolute atomic E-state index is 0. The Morgan fingerprint density at radius 3 is 2.42 bits per heavy atom. The largest absolute Gasteiger partial charge is 0.506 e. The molecule has 2 aromatic rings. The van der Waals surface area contributed by atoms with Gasteiger partial charge in [-0.1, -0.05) is 30.3 Å². The Balaban J connectivity index is 0.00000180. The van der Waals surface area contributed by atoms with Crippen molar-refractivity contribution in [3.8, 4) is 16.9 Å². The summed E-state index contributed by atoms with van der Waals surface area (Å²) in [7, 11) is 4.08.